The van der Waals surface area contributed by atoms with E-state index in [0.717, 1.165) is 0 Å². The SMILES string of the molecule is C#CC1CC(=O)N(c2cccc(Cl)c2C#N)C1. The van der Waals surface area contributed by atoms with Gasteiger partial charge in [-0.05, 0) is 12.1 Å². The van der Waals surface area contributed by atoms with Crippen molar-refractivity contribution in [3.8, 4) is 18.4 Å². The monoisotopic (exact) mass is 244 g/mol. The number of carbonyl (C=O) groups excluding carboxylic acids is 1. The van der Waals surface area contributed by atoms with Crippen LogP contribution in [0.2, 0.25) is 5.02 Å². The Hall–Kier alpha value is -1.97. The van der Waals surface area contributed by atoms with Crippen LogP contribution in [0.4, 0.5) is 5.69 Å². The predicted molar refractivity (Wildman–Crippen MR) is 65.5 cm³/mol. The summed E-state index contributed by atoms with van der Waals surface area (Å²) in [4.78, 5) is 13.3. The van der Waals surface area contributed by atoms with E-state index in [4.69, 9.17) is 23.3 Å². The number of hydrogen-bond donors (Lipinski definition) is 0. The van der Waals surface area contributed by atoms with Crippen LogP contribution in [0.15, 0.2) is 18.2 Å². The van der Waals surface area contributed by atoms with E-state index in [1.807, 2.05) is 6.07 Å². The largest absolute Gasteiger partial charge is 0.310 e. The van der Waals surface area contributed by atoms with Crippen molar-refractivity contribution >= 4 is 23.2 Å². The number of nitriles is 1. The van der Waals surface area contributed by atoms with Gasteiger partial charge in [0.25, 0.3) is 0 Å². The number of anilines is 1. The van der Waals surface area contributed by atoms with Gasteiger partial charge in [-0.3, -0.25) is 4.79 Å². The molecule has 1 saturated heterocycles. The zero-order chi connectivity index (χ0) is 12.4. The molecule has 1 fully saturated rings. The molecule has 0 radical (unpaired) electrons. The molecule has 1 heterocycles. The van der Waals surface area contributed by atoms with E-state index in [2.05, 4.69) is 5.92 Å². The normalized spacial score (nSPS) is 18.9. The number of amides is 1. The quantitative estimate of drug-likeness (QED) is 0.711. The molecule has 1 amide bonds. The van der Waals surface area contributed by atoms with Crippen LogP contribution in [0.1, 0.15) is 12.0 Å². The van der Waals surface area contributed by atoms with Crippen LogP contribution in [0.25, 0.3) is 0 Å². The molecule has 3 nitrogen and oxygen atoms in total. The molecule has 1 unspecified atom stereocenters. The van der Waals surface area contributed by atoms with Crippen molar-refractivity contribution in [3.05, 3.63) is 28.8 Å². The number of terminal acetylenes is 1. The third-order valence-electron chi connectivity index (χ3n) is 2.75. The number of halogens is 1. The van der Waals surface area contributed by atoms with Crippen LogP contribution in [0, 0.1) is 29.6 Å². The summed E-state index contributed by atoms with van der Waals surface area (Å²) in [5.41, 5.74) is 0.864. The first-order chi connectivity index (χ1) is 8.17. The minimum Gasteiger partial charge on any atom is -0.310 e. The molecule has 84 valence electrons. The minimum absolute atomic E-state index is 0.0632. The Bertz CT molecular complexity index is 554. The predicted octanol–water partition coefficient (Wildman–Crippen LogP) is 2.20. The molecular formula is C13H9ClN2O. The lowest BCUT2D eigenvalue weighted by Crippen LogP contribution is -2.25. The summed E-state index contributed by atoms with van der Waals surface area (Å²) in [5.74, 6) is 2.41. The van der Waals surface area contributed by atoms with Crippen molar-refractivity contribution in [2.24, 2.45) is 5.92 Å². The van der Waals surface area contributed by atoms with Gasteiger partial charge < -0.3 is 4.90 Å². The molecule has 1 aromatic rings. The highest BCUT2D eigenvalue weighted by Gasteiger charge is 2.31. The third kappa shape index (κ3) is 1.98. The van der Waals surface area contributed by atoms with Gasteiger partial charge in [0.05, 0.1) is 16.3 Å². The average molecular weight is 245 g/mol. The summed E-state index contributed by atoms with van der Waals surface area (Å²) in [6.07, 6.45) is 5.64. The van der Waals surface area contributed by atoms with Crippen molar-refractivity contribution in [3.63, 3.8) is 0 Å². The van der Waals surface area contributed by atoms with Crippen molar-refractivity contribution in [1.82, 2.24) is 0 Å². The molecule has 17 heavy (non-hydrogen) atoms. The molecule has 0 bridgehead atoms. The molecule has 0 N–H and O–H groups in total. The van der Waals surface area contributed by atoms with E-state index < -0.39 is 0 Å². The number of rotatable bonds is 1. The molecule has 0 aliphatic carbocycles. The van der Waals surface area contributed by atoms with Gasteiger partial charge >= 0.3 is 0 Å². The van der Waals surface area contributed by atoms with E-state index in [9.17, 15) is 4.79 Å². The van der Waals surface area contributed by atoms with Crippen LogP contribution in [0.3, 0.4) is 0 Å². The fourth-order valence-corrected chi connectivity index (χ4v) is 2.11. The van der Waals surface area contributed by atoms with Crippen LogP contribution in [-0.2, 0) is 4.79 Å². The summed E-state index contributed by atoms with van der Waals surface area (Å²) >= 11 is 5.93. The lowest BCUT2D eigenvalue weighted by Gasteiger charge is -2.17. The average Bonchev–Trinajstić information content (AvgIpc) is 2.70. The van der Waals surface area contributed by atoms with E-state index in [1.165, 1.54) is 4.90 Å². The summed E-state index contributed by atoms with van der Waals surface area (Å²) in [7, 11) is 0. The first-order valence-electron chi connectivity index (χ1n) is 5.12. The fraction of sp³-hybridized carbons (Fsp3) is 0.231. The maximum Gasteiger partial charge on any atom is 0.228 e. The van der Waals surface area contributed by atoms with Crippen LogP contribution < -0.4 is 4.90 Å². The van der Waals surface area contributed by atoms with E-state index >= 15 is 0 Å². The highest BCUT2D eigenvalue weighted by molar-refractivity contribution is 6.32. The van der Waals surface area contributed by atoms with Gasteiger partial charge in [-0.15, -0.1) is 12.3 Å². The maximum absolute atomic E-state index is 11.8. The smallest absolute Gasteiger partial charge is 0.228 e. The summed E-state index contributed by atoms with van der Waals surface area (Å²) in [5, 5.41) is 9.41. The molecule has 1 aromatic carbocycles. The molecule has 2 rings (SSSR count). The molecule has 1 atom stereocenters. The fourth-order valence-electron chi connectivity index (χ4n) is 1.90. The molecule has 1 aliphatic rings. The second-order valence-corrected chi connectivity index (χ2v) is 4.23. The lowest BCUT2D eigenvalue weighted by atomic mass is 10.1. The van der Waals surface area contributed by atoms with E-state index in [1.54, 1.807) is 18.2 Å². The third-order valence-corrected chi connectivity index (χ3v) is 3.07. The van der Waals surface area contributed by atoms with Crippen molar-refractivity contribution in [2.45, 2.75) is 6.42 Å². The maximum atomic E-state index is 11.8. The Balaban J connectivity index is 2.43. The first-order valence-corrected chi connectivity index (χ1v) is 5.50. The van der Waals surface area contributed by atoms with Gasteiger partial charge in [0, 0.05) is 18.9 Å². The summed E-state index contributed by atoms with van der Waals surface area (Å²) in [6, 6.07) is 7.07. The Morgan fingerprint density at radius 1 is 1.53 bits per heavy atom. The summed E-state index contributed by atoms with van der Waals surface area (Å²) < 4.78 is 0. The minimum atomic E-state index is -0.0898. The van der Waals surface area contributed by atoms with Crippen LogP contribution in [-0.4, -0.2) is 12.5 Å². The van der Waals surface area contributed by atoms with Crippen molar-refractivity contribution in [2.75, 3.05) is 11.4 Å². The van der Waals surface area contributed by atoms with Crippen LogP contribution >= 0.6 is 11.6 Å². The number of carbonyl (C=O) groups is 1. The van der Waals surface area contributed by atoms with Gasteiger partial charge in [-0.2, -0.15) is 5.26 Å². The second kappa shape index (κ2) is 4.49. The zero-order valence-corrected chi connectivity index (χ0v) is 9.74. The molecule has 0 spiro atoms. The number of nitrogens with zero attached hydrogens (tertiary/aromatic N) is 2. The standard InChI is InChI=1S/C13H9ClN2O/c1-2-9-6-13(17)16(8-9)12-5-3-4-11(14)10(12)7-15/h1,3-5,9H,6,8H2. The Labute approximate surface area is 105 Å². The van der Waals surface area contributed by atoms with Crippen LogP contribution in [0.5, 0.6) is 0 Å². The molecule has 1 aliphatic heterocycles. The lowest BCUT2D eigenvalue weighted by molar-refractivity contribution is -0.117. The van der Waals surface area contributed by atoms with E-state index in [0.29, 0.717) is 29.2 Å². The van der Waals surface area contributed by atoms with Gasteiger partial charge in [0.1, 0.15) is 6.07 Å². The van der Waals surface area contributed by atoms with Gasteiger partial charge in [0.15, 0.2) is 0 Å². The Morgan fingerprint density at radius 3 is 2.88 bits per heavy atom. The zero-order valence-electron chi connectivity index (χ0n) is 8.98. The summed E-state index contributed by atoms with van der Waals surface area (Å²) in [6.45, 7) is 0.449. The molecule has 0 saturated carbocycles. The molecule has 0 aromatic heterocycles. The Kier molecular flexibility index (Phi) is 3.04. The second-order valence-electron chi connectivity index (χ2n) is 3.82. The Morgan fingerprint density at radius 2 is 2.29 bits per heavy atom. The van der Waals surface area contributed by atoms with E-state index in [-0.39, 0.29) is 11.8 Å². The van der Waals surface area contributed by atoms with Gasteiger partial charge in [-0.25, -0.2) is 0 Å². The molecular weight excluding hydrogens is 236 g/mol. The topological polar surface area (TPSA) is 44.1 Å². The van der Waals surface area contributed by atoms with Crippen molar-refractivity contribution in [1.29, 1.82) is 5.26 Å². The number of hydrogen-bond acceptors (Lipinski definition) is 2. The first kappa shape index (κ1) is 11.5. The molecule has 4 heteroatoms. The highest BCUT2D eigenvalue weighted by Crippen LogP contribution is 2.31. The van der Waals surface area contributed by atoms with Gasteiger partial charge in [-0.1, -0.05) is 17.7 Å². The van der Waals surface area contributed by atoms with Gasteiger partial charge in [0.2, 0.25) is 5.91 Å². The van der Waals surface area contributed by atoms with Crippen molar-refractivity contribution < 1.29 is 4.79 Å². The number of benzene rings is 1. The highest BCUT2D eigenvalue weighted by atomic mass is 35.5.